The molecule has 1 fully saturated rings. The zero-order valence-corrected chi connectivity index (χ0v) is 14.3. The molecule has 7 heteroatoms. The Morgan fingerprint density at radius 1 is 1.33 bits per heavy atom. The number of benzene rings is 1. The third kappa shape index (κ3) is 3.46. The second-order valence-corrected chi connectivity index (χ2v) is 8.47. The summed E-state index contributed by atoms with van der Waals surface area (Å²) in [6, 6.07) is 7.54. The molecule has 5 nitrogen and oxygen atoms in total. The van der Waals surface area contributed by atoms with E-state index in [9.17, 15) is 13.2 Å². The molecule has 1 amide bonds. The van der Waals surface area contributed by atoms with Crippen LogP contribution in [0.15, 0.2) is 28.7 Å². The van der Waals surface area contributed by atoms with Gasteiger partial charge in [0.25, 0.3) is 0 Å². The Hall–Kier alpha value is -0.920. The Labute approximate surface area is 133 Å². The molecule has 1 aromatic carbocycles. The summed E-state index contributed by atoms with van der Waals surface area (Å²) in [7, 11) is -3.47. The summed E-state index contributed by atoms with van der Waals surface area (Å²) in [6.07, 6.45) is 1.78. The molecular weight excluding hydrogens is 356 g/mol. The van der Waals surface area contributed by atoms with E-state index in [4.69, 9.17) is 0 Å². The van der Waals surface area contributed by atoms with Crippen molar-refractivity contribution in [3.05, 3.63) is 34.3 Å². The fourth-order valence-corrected chi connectivity index (χ4v) is 4.35. The van der Waals surface area contributed by atoms with E-state index in [2.05, 4.69) is 26.6 Å². The molecule has 1 aliphatic rings. The molecule has 0 aromatic heterocycles. The van der Waals surface area contributed by atoms with Crippen molar-refractivity contribution < 1.29 is 13.2 Å². The highest BCUT2D eigenvalue weighted by molar-refractivity contribution is 9.10. The molecule has 0 atom stereocenters. The molecule has 1 aromatic rings. The molecular formula is C14H19BrN2O3S. The van der Waals surface area contributed by atoms with Crippen molar-refractivity contribution in [2.75, 3.05) is 19.3 Å². The third-order valence-corrected chi connectivity index (χ3v) is 6.72. The lowest BCUT2D eigenvalue weighted by molar-refractivity contribution is -0.124. The fraction of sp³-hybridized carbons (Fsp3) is 0.500. The van der Waals surface area contributed by atoms with Gasteiger partial charge in [-0.15, -0.1) is 0 Å². The van der Waals surface area contributed by atoms with Crippen LogP contribution < -0.4 is 10.6 Å². The molecule has 0 saturated carbocycles. The van der Waals surface area contributed by atoms with Gasteiger partial charge in [-0.3, -0.25) is 4.79 Å². The number of piperidine rings is 1. The Bertz CT molecular complexity index is 625. The van der Waals surface area contributed by atoms with E-state index in [1.54, 1.807) is 0 Å². The van der Waals surface area contributed by atoms with Gasteiger partial charge in [0, 0.05) is 17.3 Å². The molecule has 0 spiro atoms. The van der Waals surface area contributed by atoms with Crippen LogP contribution in [0, 0.1) is 0 Å². The average molecular weight is 375 g/mol. The van der Waals surface area contributed by atoms with Crippen LogP contribution in [0.3, 0.4) is 0 Å². The number of amides is 1. The van der Waals surface area contributed by atoms with Crippen LogP contribution in [0.4, 0.5) is 0 Å². The van der Waals surface area contributed by atoms with E-state index in [1.807, 2.05) is 24.3 Å². The SMILES string of the molecule is CS(=O)(=O)C1(C(=O)NCc2ccccc2Br)CCNCC1. The van der Waals surface area contributed by atoms with E-state index in [1.165, 1.54) is 0 Å². The number of hydrogen-bond donors (Lipinski definition) is 2. The lowest BCUT2D eigenvalue weighted by atomic mass is 9.95. The van der Waals surface area contributed by atoms with Gasteiger partial charge in [-0.25, -0.2) is 8.42 Å². The summed E-state index contributed by atoms with van der Waals surface area (Å²) in [5, 5.41) is 5.88. The summed E-state index contributed by atoms with van der Waals surface area (Å²) in [4.78, 5) is 12.5. The summed E-state index contributed by atoms with van der Waals surface area (Å²) in [6.45, 7) is 1.38. The minimum atomic E-state index is -3.47. The maximum Gasteiger partial charge on any atom is 0.241 e. The zero-order valence-electron chi connectivity index (χ0n) is 11.9. The third-order valence-electron chi connectivity index (χ3n) is 3.93. The summed E-state index contributed by atoms with van der Waals surface area (Å²) in [5.41, 5.74) is 0.920. The molecule has 2 N–H and O–H groups in total. The van der Waals surface area contributed by atoms with E-state index in [0.29, 0.717) is 32.5 Å². The summed E-state index contributed by atoms with van der Waals surface area (Å²) < 4.78 is 23.8. The van der Waals surface area contributed by atoms with Crippen LogP contribution >= 0.6 is 15.9 Å². The molecule has 0 unspecified atom stereocenters. The van der Waals surface area contributed by atoms with Crippen molar-refractivity contribution in [3.8, 4) is 0 Å². The maximum absolute atomic E-state index is 12.5. The number of nitrogens with one attached hydrogen (secondary N) is 2. The van der Waals surface area contributed by atoms with E-state index < -0.39 is 20.5 Å². The van der Waals surface area contributed by atoms with E-state index in [0.717, 1.165) is 16.3 Å². The Morgan fingerprint density at radius 3 is 2.52 bits per heavy atom. The number of carbonyl (C=O) groups is 1. The van der Waals surface area contributed by atoms with Crippen LogP contribution in [0.1, 0.15) is 18.4 Å². The van der Waals surface area contributed by atoms with Gasteiger partial charge >= 0.3 is 0 Å². The molecule has 0 bridgehead atoms. The minimum Gasteiger partial charge on any atom is -0.351 e. The highest BCUT2D eigenvalue weighted by Gasteiger charge is 2.48. The van der Waals surface area contributed by atoms with Crippen LogP contribution in [0.25, 0.3) is 0 Å². The lowest BCUT2D eigenvalue weighted by Gasteiger charge is -2.34. The molecule has 0 aliphatic carbocycles. The van der Waals surface area contributed by atoms with Crippen molar-refractivity contribution >= 4 is 31.7 Å². The second-order valence-electron chi connectivity index (χ2n) is 5.29. The van der Waals surface area contributed by atoms with E-state index in [-0.39, 0.29) is 0 Å². The zero-order chi connectivity index (χ0) is 15.5. The largest absolute Gasteiger partial charge is 0.351 e. The van der Waals surface area contributed by atoms with Gasteiger partial charge in [-0.2, -0.15) is 0 Å². The van der Waals surface area contributed by atoms with E-state index >= 15 is 0 Å². The van der Waals surface area contributed by atoms with Crippen LogP contribution in [-0.2, 0) is 21.2 Å². The predicted octanol–water partition coefficient (Wildman–Crippen LogP) is 1.23. The Morgan fingerprint density at radius 2 is 1.95 bits per heavy atom. The molecule has 2 rings (SSSR count). The first kappa shape index (κ1) is 16.5. The van der Waals surface area contributed by atoms with Crippen molar-refractivity contribution in [2.24, 2.45) is 0 Å². The Kier molecular flexibility index (Phi) is 5.06. The standard InChI is InChI=1S/C14H19BrN2O3S/c1-21(19,20)14(6-8-16-9-7-14)13(18)17-10-11-4-2-3-5-12(11)15/h2-5,16H,6-10H2,1H3,(H,17,18). The number of rotatable bonds is 4. The van der Waals surface area contributed by atoms with Crippen molar-refractivity contribution in [2.45, 2.75) is 24.1 Å². The number of hydrogen-bond acceptors (Lipinski definition) is 4. The summed E-state index contributed by atoms with van der Waals surface area (Å²) in [5.74, 6) is -0.401. The number of sulfone groups is 1. The first-order valence-corrected chi connectivity index (χ1v) is 9.47. The Balaban J connectivity index is 2.15. The molecule has 0 radical (unpaired) electrons. The second kappa shape index (κ2) is 6.46. The van der Waals surface area contributed by atoms with Crippen LogP contribution in [0.2, 0.25) is 0 Å². The van der Waals surface area contributed by atoms with Gasteiger partial charge in [0.05, 0.1) is 0 Å². The van der Waals surface area contributed by atoms with Crippen LogP contribution in [0.5, 0.6) is 0 Å². The van der Waals surface area contributed by atoms with Gasteiger partial charge in [0.2, 0.25) is 5.91 Å². The molecule has 1 aliphatic heterocycles. The van der Waals surface area contributed by atoms with Crippen LogP contribution in [-0.4, -0.2) is 38.4 Å². The molecule has 116 valence electrons. The highest BCUT2D eigenvalue weighted by Crippen LogP contribution is 2.28. The van der Waals surface area contributed by atoms with Crippen molar-refractivity contribution in [1.82, 2.24) is 10.6 Å². The number of halogens is 1. The fourth-order valence-electron chi connectivity index (χ4n) is 2.58. The predicted molar refractivity (Wildman–Crippen MR) is 85.7 cm³/mol. The van der Waals surface area contributed by atoms with Crippen molar-refractivity contribution in [1.29, 1.82) is 0 Å². The summed E-state index contributed by atoms with van der Waals surface area (Å²) >= 11 is 3.42. The monoisotopic (exact) mass is 374 g/mol. The average Bonchev–Trinajstić information content (AvgIpc) is 2.45. The lowest BCUT2D eigenvalue weighted by Crippen LogP contribution is -2.57. The normalized spacial score (nSPS) is 18.2. The maximum atomic E-state index is 12.5. The topological polar surface area (TPSA) is 75.3 Å². The first-order chi connectivity index (χ1) is 9.87. The van der Waals surface area contributed by atoms with Gasteiger partial charge in [-0.1, -0.05) is 34.1 Å². The smallest absolute Gasteiger partial charge is 0.241 e. The van der Waals surface area contributed by atoms with Crippen molar-refractivity contribution in [3.63, 3.8) is 0 Å². The quantitative estimate of drug-likeness (QED) is 0.830. The molecule has 1 heterocycles. The minimum absolute atomic E-state index is 0.310. The number of carbonyl (C=O) groups excluding carboxylic acids is 1. The van der Waals surface area contributed by atoms with Gasteiger partial charge in [0.15, 0.2) is 14.6 Å². The first-order valence-electron chi connectivity index (χ1n) is 6.79. The molecule has 1 saturated heterocycles. The van der Waals surface area contributed by atoms with Gasteiger partial charge in [-0.05, 0) is 37.6 Å². The molecule has 21 heavy (non-hydrogen) atoms. The van der Waals surface area contributed by atoms with Gasteiger partial charge < -0.3 is 10.6 Å². The van der Waals surface area contributed by atoms with Gasteiger partial charge in [0.1, 0.15) is 0 Å². The highest BCUT2D eigenvalue weighted by atomic mass is 79.9.